The minimum Gasteiger partial charge on any atom is -0.440 e. The zero-order valence-corrected chi connectivity index (χ0v) is 10.2. The molecule has 0 saturated carbocycles. The molecule has 4 rings (SSSR count). The predicted octanol–water partition coefficient (Wildman–Crippen LogP) is 1.10. The molecule has 3 aliphatic heterocycles. The molecule has 0 aliphatic carbocycles. The summed E-state index contributed by atoms with van der Waals surface area (Å²) >= 11 is 0. The minimum atomic E-state index is -0.459. The van der Waals surface area contributed by atoms with Crippen molar-refractivity contribution in [3.8, 4) is 0 Å². The Morgan fingerprint density at radius 3 is 2.74 bits per heavy atom. The summed E-state index contributed by atoms with van der Waals surface area (Å²) in [6.07, 6.45) is -0.459. The number of hydrogen-bond acceptors (Lipinski definition) is 4. The highest BCUT2D eigenvalue weighted by Gasteiger charge is 2.45. The Balaban J connectivity index is 1.59. The molecule has 1 aromatic carbocycles. The van der Waals surface area contributed by atoms with E-state index in [9.17, 15) is 9.18 Å². The third kappa shape index (κ3) is 1.74. The minimum absolute atomic E-state index is 0.293. The first kappa shape index (κ1) is 11.0. The topological polar surface area (TPSA) is 54.7 Å². The molecular weight excluding hydrogens is 249 g/mol. The summed E-state index contributed by atoms with van der Waals surface area (Å²) in [5, 5.41) is 3.31. The van der Waals surface area contributed by atoms with Gasteiger partial charge >= 0.3 is 6.09 Å². The molecule has 3 aliphatic rings. The summed E-state index contributed by atoms with van der Waals surface area (Å²) in [7, 11) is 0. The van der Waals surface area contributed by atoms with Crippen LogP contribution in [0.25, 0.3) is 0 Å². The number of halogens is 1. The van der Waals surface area contributed by atoms with E-state index in [1.54, 1.807) is 12.1 Å². The summed E-state index contributed by atoms with van der Waals surface area (Å²) in [6.45, 7) is 3.46. The van der Waals surface area contributed by atoms with Crippen LogP contribution < -0.4 is 15.1 Å². The van der Waals surface area contributed by atoms with Crippen molar-refractivity contribution in [3.63, 3.8) is 0 Å². The lowest BCUT2D eigenvalue weighted by molar-refractivity contribution is 0.196. The molecule has 1 amide bonds. The fourth-order valence-electron chi connectivity index (χ4n) is 2.78. The van der Waals surface area contributed by atoms with Crippen molar-refractivity contribution in [2.45, 2.75) is 12.1 Å². The Bertz CT molecular complexity index is 541. The first-order valence-corrected chi connectivity index (χ1v) is 6.33. The highest BCUT2D eigenvalue weighted by Crippen LogP contribution is 2.32. The average molecular weight is 262 g/mol. The van der Waals surface area contributed by atoms with E-state index in [0.29, 0.717) is 30.0 Å². The summed E-state index contributed by atoms with van der Waals surface area (Å²) < 4.78 is 18.9. The van der Waals surface area contributed by atoms with E-state index in [4.69, 9.17) is 4.74 Å². The van der Waals surface area contributed by atoms with Crippen LogP contribution in [0.3, 0.4) is 0 Å². The molecule has 0 aromatic heterocycles. The highest BCUT2D eigenvalue weighted by molar-refractivity contribution is 5.90. The molecule has 0 bridgehead atoms. The number of carbonyl (C=O) groups is 1. The number of rotatable bonds is 2. The lowest BCUT2D eigenvalue weighted by Gasteiger charge is -2.22. The molecule has 6 heteroatoms. The van der Waals surface area contributed by atoms with E-state index in [2.05, 4.69) is 5.32 Å². The molecule has 2 atom stereocenters. The van der Waals surface area contributed by atoms with Crippen LogP contribution in [0.1, 0.15) is 0 Å². The van der Waals surface area contributed by atoms with Crippen molar-refractivity contribution >= 4 is 17.5 Å². The first-order valence-electron chi connectivity index (χ1n) is 6.33. The van der Waals surface area contributed by atoms with Crippen molar-refractivity contribution in [1.29, 1.82) is 0 Å². The van der Waals surface area contributed by atoms with Gasteiger partial charge in [-0.15, -0.1) is 0 Å². The third-order valence-electron chi connectivity index (χ3n) is 3.88. The maximum atomic E-state index is 14.2. The van der Waals surface area contributed by atoms with E-state index in [1.165, 1.54) is 17.6 Å². The van der Waals surface area contributed by atoms with E-state index < -0.39 is 6.09 Å². The quantitative estimate of drug-likeness (QED) is 0.811. The molecule has 5 nitrogen and oxygen atoms in total. The molecule has 1 radical (unpaired) electrons. The summed E-state index contributed by atoms with van der Waals surface area (Å²) in [5.41, 5.74) is 1.14. The van der Waals surface area contributed by atoms with Crippen LogP contribution in [0, 0.1) is 12.4 Å². The highest BCUT2D eigenvalue weighted by atomic mass is 19.1. The molecule has 1 unspecified atom stereocenters. The second-order valence-electron chi connectivity index (χ2n) is 5.08. The van der Waals surface area contributed by atoms with Crippen LogP contribution in [0.15, 0.2) is 18.2 Å². The maximum absolute atomic E-state index is 14.2. The van der Waals surface area contributed by atoms with Gasteiger partial charge in [0.2, 0.25) is 0 Å². The molecule has 3 saturated heterocycles. The monoisotopic (exact) mass is 262 g/mol. The van der Waals surface area contributed by atoms with Gasteiger partial charge in [0.05, 0.1) is 17.9 Å². The van der Waals surface area contributed by atoms with Gasteiger partial charge in [-0.1, -0.05) is 0 Å². The van der Waals surface area contributed by atoms with Crippen molar-refractivity contribution in [2.75, 3.05) is 29.4 Å². The van der Waals surface area contributed by atoms with Crippen LogP contribution in [-0.2, 0) is 4.74 Å². The normalized spacial score (nSPS) is 28.6. The van der Waals surface area contributed by atoms with Crippen molar-refractivity contribution < 1.29 is 13.9 Å². The molecule has 99 valence electrons. The van der Waals surface area contributed by atoms with Crippen LogP contribution in [0.5, 0.6) is 0 Å². The number of hydrogen-bond donors (Lipinski definition) is 1. The summed E-state index contributed by atoms with van der Waals surface area (Å²) in [6, 6.07) is 5.93. The largest absolute Gasteiger partial charge is 0.440 e. The van der Waals surface area contributed by atoms with Gasteiger partial charge in [-0.2, -0.15) is 0 Å². The van der Waals surface area contributed by atoms with Gasteiger partial charge in [-0.25, -0.2) is 9.18 Å². The molecule has 3 fully saturated rings. The summed E-state index contributed by atoms with van der Waals surface area (Å²) in [4.78, 5) is 14.8. The second-order valence-corrected chi connectivity index (χ2v) is 5.08. The number of piperazine rings is 1. The number of anilines is 2. The zero-order valence-electron chi connectivity index (χ0n) is 10.2. The van der Waals surface area contributed by atoms with Crippen molar-refractivity contribution in [3.05, 3.63) is 30.6 Å². The van der Waals surface area contributed by atoms with E-state index >= 15 is 0 Å². The second kappa shape index (κ2) is 3.84. The number of nitrogens with zero attached hydrogens (tertiary/aromatic N) is 2. The fourth-order valence-corrected chi connectivity index (χ4v) is 2.78. The SMILES string of the molecule is O=C1O[CH]CN1c1ccc(N2CC3N[C@H]3C2)c(F)c1. The van der Waals surface area contributed by atoms with Crippen LogP contribution in [0.2, 0.25) is 0 Å². The number of ether oxygens (including phenoxy) is 1. The Labute approximate surface area is 109 Å². The Morgan fingerprint density at radius 2 is 2.11 bits per heavy atom. The molecule has 19 heavy (non-hydrogen) atoms. The van der Waals surface area contributed by atoms with Gasteiger partial charge in [-0.3, -0.25) is 4.90 Å². The standard InChI is InChI=1S/C13H13FN3O2/c14-9-5-8(17-3-4-19-13(17)18)1-2-12(9)16-6-10-11(7-16)15-10/h1-2,4-5,10-11,15H,3,6-7H2/t10-,11?/m0/s1. The van der Waals surface area contributed by atoms with Crippen LogP contribution in [-0.4, -0.2) is 37.8 Å². The molecule has 3 heterocycles. The van der Waals surface area contributed by atoms with Gasteiger partial charge in [-0.05, 0) is 18.2 Å². The fraction of sp³-hybridized carbons (Fsp3) is 0.385. The smallest absolute Gasteiger partial charge is 0.414 e. The molecular formula is C13H13FN3O2. The maximum Gasteiger partial charge on any atom is 0.414 e. The van der Waals surface area contributed by atoms with E-state index in [-0.39, 0.29) is 5.82 Å². The number of fused-ring (bicyclic) bond motifs is 1. The van der Waals surface area contributed by atoms with Gasteiger partial charge in [0.25, 0.3) is 0 Å². The Hall–Kier alpha value is -1.82. The number of benzene rings is 1. The molecule has 1 N–H and O–H groups in total. The van der Waals surface area contributed by atoms with E-state index in [1.807, 2.05) is 4.90 Å². The van der Waals surface area contributed by atoms with Crippen molar-refractivity contribution in [2.24, 2.45) is 0 Å². The van der Waals surface area contributed by atoms with Gasteiger partial charge < -0.3 is 15.0 Å². The summed E-state index contributed by atoms with van der Waals surface area (Å²) in [5.74, 6) is -0.293. The Kier molecular flexibility index (Phi) is 2.23. The van der Waals surface area contributed by atoms with E-state index in [0.717, 1.165) is 13.1 Å². The zero-order chi connectivity index (χ0) is 13.0. The number of carbonyl (C=O) groups excluding carboxylic acids is 1. The van der Waals surface area contributed by atoms with Crippen LogP contribution in [0.4, 0.5) is 20.6 Å². The predicted molar refractivity (Wildman–Crippen MR) is 67.5 cm³/mol. The number of cyclic esters (lactones) is 1. The van der Waals surface area contributed by atoms with Gasteiger partial charge in [0.15, 0.2) is 6.61 Å². The van der Waals surface area contributed by atoms with Gasteiger partial charge in [0, 0.05) is 25.2 Å². The lowest BCUT2D eigenvalue weighted by atomic mass is 10.2. The number of nitrogens with one attached hydrogen (secondary N) is 1. The lowest BCUT2D eigenvalue weighted by Crippen LogP contribution is -2.28. The molecule has 0 spiro atoms. The third-order valence-corrected chi connectivity index (χ3v) is 3.88. The number of amides is 1. The Morgan fingerprint density at radius 1 is 1.32 bits per heavy atom. The van der Waals surface area contributed by atoms with Gasteiger partial charge in [0.1, 0.15) is 5.82 Å². The molecule has 1 aromatic rings. The van der Waals surface area contributed by atoms with Crippen LogP contribution >= 0.6 is 0 Å². The first-order chi connectivity index (χ1) is 9.22. The average Bonchev–Trinajstić information content (AvgIpc) is 2.82. The van der Waals surface area contributed by atoms with Crippen molar-refractivity contribution in [1.82, 2.24) is 5.32 Å².